The molecule has 0 bridgehead atoms. The quantitative estimate of drug-likeness (QED) is 0.780. The molecule has 0 unspecified atom stereocenters. The van der Waals surface area contributed by atoms with Gasteiger partial charge in [0.1, 0.15) is 12.4 Å². The summed E-state index contributed by atoms with van der Waals surface area (Å²) in [4.78, 5) is 12.0. The lowest BCUT2D eigenvalue weighted by molar-refractivity contribution is -0.116. The van der Waals surface area contributed by atoms with Crippen LogP contribution < -0.4 is 10.1 Å². The highest BCUT2D eigenvalue weighted by Crippen LogP contribution is 2.17. The van der Waals surface area contributed by atoms with Crippen molar-refractivity contribution in [3.8, 4) is 5.75 Å². The van der Waals surface area contributed by atoms with Crippen LogP contribution in [0.2, 0.25) is 0 Å². The maximum atomic E-state index is 12.0. The van der Waals surface area contributed by atoms with Crippen LogP contribution in [-0.4, -0.2) is 12.5 Å². The molecule has 0 aliphatic carbocycles. The number of rotatable bonds is 7. The van der Waals surface area contributed by atoms with Gasteiger partial charge in [0.15, 0.2) is 0 Å². The molecule has 1 amide bonds. The zero-order valence-electron chi connectivity index (χ0n) is 12.8. The second kappa shape index (κ2) is 8.03. The number of anilines is 1. The summed E-state index contributed by atoms with van der Waals surface area (Å²) in [5.74, 6) is 0.720. The molecule has 0 aliphatic rings. The predicted molar refractivity (Wildman–Crippen MR) is 90.3 cm³/mol. The van der Waals surface area contributed by atoms with Crippen LogP contribution in [0.3, 0.4) is 0 Å². The Bertz CT molecular complexity index is 632. The van der Waals surface area contributed by atoms with Crippen molar-refractivity contribution in [2.45, 2.75) is 19.8 Å². The Kier molecular flexibility index (Phi) is 5.78. The van der Waals surface area contributed by atoms with E-state index in [-0.39, 0.29) is 5.91 Å². The normalized spacial score (nSPS) is 10.0. The van der Waals surface area contributed by atoms with E-state index in [2.05, 4.69) is 43.1 Å². The minimum Gasteiger partial charge on any atom is -0.489 e. The fourth-order valence-electron chi connectivity index (χ4n) is 2.05. The first-order valence-electron chi connectivity index (χ1n) is 7.36. The van der Waals surface area contributed by atoms with Gasteiger partial charge in [0.2, 0.25) is 5.91 Å². The number of ether oxygens (including phenoxy) is 1. The first kappa shape index (κ1) is 15.8. The molecule has 3 nitrogen and oxygen atoms in total. The number of hydrogen-bond acceptors (Lipinski definition) is 2. The lowest BCUT2D eigenvalue weighted by atomic mass is 10.1. The third-order valence-electron chi connectivity index (χ3n) is 3.25. The van der Waals surface area contributed by atoms with E-state index in [0.717, 1.165) is 17.9 Å². The summed E-state index contributed by atoms with van der Waals surface area (Å²) in [5.41, 5.74) is 3.14. The number of carbonyl (C=O) groups excluding carboxylic acids is 1. The number of nitrogens with one attached hydrogen (secondary N) is 1. The summed E-state index contributed by atoms with van der Waals surface area (Å²) < 4.78 is 5.45. The molecule has 0 aromatic heterocycles. The summed E-state index contributed by atoms with van der Waals surface area (Å²) >= 11 is 0. The van der Waals surface area contributed by atoms with E-state index in [9.17, 15) is 4.79 Å². The Morgan fingerprint density at radius 2 is 2.00 bits per heavy atom. The Morgan fingerprint density at radius 3 is 2.73 bits per heavy atom. The third kappa shape index (κ3) is 5.09. The lowest BCUT2D eigenvalue weighted by Crippen LogP contribution is -2.12. The van der Waals surface area contributed by atoms with Crippen LogP contribution in [-0.2, 0) is 11.2 Å². The molecule has 3 heteroatoms. The molecule has 2 aromatic carbocycles. The van der Waals surface area contributed by atoms with Gasteiger partial charge in [-0.2, -0.15) is 0 Å². The van der Waals surface area contributed by atoms with Gasteiger partial charge < -0.3 is 10.1 Å². The number of amides is 1. The fraction of sp³-hybridized carbons (Fsp3) is 0.211. The number of benzene rings is 2. The Hall–Kier alpha value is -2.55. The van der Waals surface area contributed by atoms with Gasteiger partial charge in [-0.15, -0.1) is 0 Å². The van der Waals surface area contributed by atoms with Crippen LogP contribution in [0, 0.1) is 6.92 Å². The van der Waals surface area contributed by atoms with Crippen LogP contribution in [0.25, 0.3) is 0 Å². The molecular weight excluding hydrogens is 274 g/mol. The van der Waals surface area contributed by atoms with E-state index in [1.54, 1.807) is 6.08 Å². The number of hydrogen-bond donors (Lipinski definition) is 1. The van der Waals surface area contributed by atoms with Gasteiger partial charge in [0, 0.05) is 18.2 Å². The summed E-state index contributed by atoms with van der Waals surface area (Å²) in [6.45, 7) is 6.11. The molecule has 2 rings (SSSR count). The van der Waals surface area contributed by atoms with Crippen LogP contribution in [0.5, 0.6) is 5.75 Å². The minimum atomic E-state index is 0.00134. The number of carbonyl (C=O) groups is 1. The largest absolute Gasteiger partial charge is 0.489 e. The van der Waals surface area contributed by atoms with Crippen LogP contribution >= 0.6 is 0 Å². The number of aryl methyl sites for hydroxylation is 2. The van der Waals surface area contributed by atoms with Crippen molar-refractivity contribution >= 4 is 11.6 Å². The molecule has 2 aromatic rings. The Balaban J connectivity index is 1.86. The van der Waals surface area contributed by atoms with Gasteiger partial charge >= 0.3 is 0 Å². The molecule has 0 saturated heterocycles. The maximum absolute atomic E-state index is 12.0. The standard InChI is InChI=1S/C19H21NO2/c1-3-13-22-18-6-4-5-17(14-18)20-19(21)12-11-16-9-7-15(2)8-10-16/h3-10,14H,1,11-13H2,2H3,(H,20,21). The van der Waals surface area contributed by atoms with E-state index in [1.807, 2.05) is 24.3 Å². The summed E-state index contributed by atoms with van der Waals surface area (Å²) in [6.07, 6.45) is 2.88. The van der Waals surface area contributed by atoms with Crippen molar-refractivity contribution in [3.05, 3.63) is 72.3 Å². The smallest absolute Gasteiger partial charge is 0.224 e. The van der Waals surface area contributed by atoms with Crippen molar-refractivity contribution in [2.24, 2.45) is 0 Å². The molecule has 22 heavy (non-hydrogen) atoms. The minimum absolute atomic E-state index is 0.00134. The molecule has 0 atom stereocenters. The second-order valence-corrected chi connectivity index (χ2v) is 5.16. The maximum Gasteiger partial charge on any atom is 0.224 e. The van der Waals surface area contributed by atoms with Crippen molar-refractivity contribution in [2.75, 3.05) is 11.9 Å². The van der Waals surface area contributed by atoms with E-state index >= 15 is 0 Å². The molecule has 114 valence electrons. The summed E-state index contributed by atoms with van der Waals surface area (Å²) in [6, 6.07) is 15.6. The molecule has 0 aliphatic heterocycles. The third-order valence-corrected chi connectivity index (χ3v) is 3.25. The van der Waals surface area contributed by atoms with Gasteiger partial charge in [-0.3, -0.25) is 4.79 Å². The molecular formula is C19H21NO2. The molecule has 0 fully saturated rings. The predicted octanol–water partition coefficient (Wildman–Crippen LogP) is 4.13. The van der Waals surface area contributed by atoms with Crippen molar-refractivity contribution in [1.29, 1.82) is 0 Å². The van der Waals surface area contributed by atoms with E-state index in [0.29, 0.717) is 13.0 Å². The van der Waals surface area contributed by atoms with Gasteiger partial charge in [-0.25, -0.2) is 0 Å². The van der Waals surface area contributed by atoms with Gasteiger partial charge in [-0.05, 0) is 31.0 Å². The Morgan fingerprint density at radius 1 is 1.23 bits per heavy atom. The molecule has 0 radical (unpaired) electrons. The van der Waals surface area contributed by atoms with E-state index < -0.39 is 0 Å². The average Bonchev–Trinajstić information content (AvgIpc) is 2.53. The highest BCUT2D eigenvalue weighted by Gasteiger charge is 2.04. The van der Waals surface area contributed by atoms with Gasteiger partial charge in [0.05, 0.1) is 0 Å². The van der Waals surface area contributed by atoms with E-state index in [4.69, 9.17) is 4.74 Å². The first-order valence-corrected chi connectivity index (χ1v) is 7.36. The summed E-state index contributed by atoms with van der Waals surface area (Å²) in [5, 5.41) is 2.90. The average molecular weight is 295 g/mol. The fourth-order valence-corrected chi connectivity index (χ4v) is 2.05. The highest BCUT2D eigenvalue weighted by molar-refractivity contribution is 5.91. The van der Waals surface area contributed by atoms with Crippen LogP contribution in [0.1, 0.15) is 17.5 Å². The van der Waals surface area contributed by atoms with Gasteiger partial charge in [-0.1, -0.05) is 48.6 Å². The summed E-state index contributed by atoms with van der Waals surface area (Å²) in [7, 11) is 0. The van der Waals surface area contributed by atoms with Crippen LogP contribution in [0.4, 0.5) is 5.69 Å². The molecule has 0 spiro atoms. The van der Waals surface area contributed by atoms with Crippen molar-refractivity contribution < 1.29 is 9.53 Å². The lowest BCUT2D eigenvalue weighted by Gasteiger charge is -2.08. The van der Waals surface area contributed by atoms with E-state index in [1.165, 1.54) is 11.1 Å². The van der Waals surface area contributed by atoms with Gasteiger partial charge in [0.25, 0.3) is 0 Å². The molecule has 0 saturated carbocycles. The SMILES string of the molecule is C=CCOc1cccc(NC(=O)CCc2ccc(C)cc2)c1. The highest BCUT2D eigenvalue weighted by atomic mass is 16.5. The zero-order valence-corrected chi connectivity index (χ0v) is 12.8. The van der Waals surface area contributed by atoms with Crippen molar-refractivity contribution in [1.82, 2.24) is 0 Å². The van der Waals surface area contributed by atoms with Crippen LogP contribution in [0.15, 0.2) is 61.2 Å². The zero-order chi connectivity index (χ0) is 15.8. The topological polar surface area (TPSA) is 38.3 Å². The van der Waals surface area contributed by atoms with Crippen molar-refractivity contribution in [3.63, 3.8) is 0 Å². The monoisotopic (exact) mass is 295 g/mol. The molecule has 0 heterocycles. The Labute approximate surface area is 131 Å². The molecule has 1 N–H and O–H groups in total. The first-order chi connectivity index (χ1) is 10.7. The second-order valence-electron chi connectivity index (χ2n) is 5.16.